The smallest absolute Gasteiger partial charge is 0.227 e. The van der Waals surface area contributed by atoms with Gasteiger partial charge in [0.2, 0.25) is 5.91 Å². The predicted octanol–water partition coefficient (Wildman–Crippen LogP) is 1.78. The first-order chi connectivity index (χ1) is 12.8. The molecule has 1 N–H and O–H groups in total. The van der Waals surface area contributed by atoms with Crippen molar-refractivity contribution in [2.45, 2.75) is 25.9 Å². The topological polar surface area (TPSA) is 81.9 Å². The minimum atomic E-state index is -0.133. The van der Waals surface area contributed by atoms with Crippen molar-refractivity contribution in [1.29, 1.82) is 0 Å². The van der Waals surface area contributed by atoms with E-state index in [1.807, 2.05) is 42.5 Å². The maximum absolute atomic E-state index is 12.2. The van der Waals surface area contributed by atoms with Crippen LogP contribution >= 0.6 is 0 Å². The maximum Gasteiger partial charge on any atom is 0.227 e. The van der Waals surface area contributed by atoms with Crippen LogP contribution in [0.25, 0.3) is 0 Å². The summed E-state index contributed by atoms with van der Waals surface area (Å²) in [5.41, 5.74) is 2.13. The molecule has 0 unspecified atom stereocenters. The highest BCUT2D eigenvalue weighted by Crippen LogP contribution is 2.16. The van der Waals surface area contributed by atoms with Gasteiger partial charge in [-0.15, -0.1) is 5.10 Å². The minimum absolute atomic E-state index is 0.133. The molecule has 0 atom stereocenters. The van der Waals surface area contributed by atoms with Crippen LogP contribution in [0.5, 0.6) is 5.75 Å². The summed E-state index contributed by atoms with van der Waals surface area (Å²) in [4.78, 5) is 12.2. The molecule has 0 saturated heterocycles. The molecule has 26 heavy (non-hydrogen) atoms. The molecule has 0 fully saturated rings. The Kier molecular flexibility index (Phi) is 5.92. The van der Waals surface area contributed by atoms with E-state index >= 15 is 0 Å². The zero-order valence-corrected chi connectivity index (χ0v) is 14.6. The molecule has 0 bridgehead atoms. The number of para-hydroxylation sites is 1. The van der Waals surface area contributed by atoms with Gasteiger partial charge in [-0.1, -0.05) is 48.5 Å². The van der Waals surface area contributed by atoms with Crippen LogP contribution in [0.4, 0.5) is 0 Å². The second-order valence-corrected chi connectivity index (χ2v) is 5.82. The van der Waals surface area contributed by atoms with Gasteiger partial charge in [-0.3, -0.25) is 4.79 Å². The van der Waals surface area contributed by atoms with Gasteiger partial charge in [0.15, 0.2) is 5.82 Å². The monoisotopic (exact) mass is 351 g/mol. The molecule has 0 aliphatic carbocycles. The van der Waals surface area contributed by atoms with Crippen LogP contribution in [0.1, 0.15) is 17.0 Å². The zero-order chi connectivity index (χ0) is 18.2. The average molecular weight is 351 g/mol. The summed E-state index contributed by atoms with van der Waals surface area (Å²) in [7, 11) is 1.61. The molecule has 0 radical (unpaired) electrons. The third kappa shape index (κ3) is 4.66. The number of aryl methyl sites for hydroxylation is 2. The fourth-order valence-electron chi connectivity index (χ4n) is 2.65. The molecule has 7 nitrogen and oxygen atoms in total. The Hall–Kier alpha value is -3.22. The van der Waals surface area contributed by atoms with Crippen molar-refractivity contribution in [2.24, 2.45) is 0 Å². The lowest BCUT2D eigenvalue weighted by Crippen LogP contribution is -2.26. The van der Waals surface area contributed by atoms with Crippen LogP contribution in [0.15, 0.2) is 54.6 Å². The Morgan fingerprint density at radius 2 is 1.88 bits per heavy atom. The molecule has 0 aliphatic rings. The Morgan fingerprint density at radius 3 is 2.69 bits per heavy atom. The highest BCUT2D eigenvalue weighted by molar-refractivity contribution is 5.77. The number of ether oxygens (including phenoxy) is 1. The lowest BCUT2D eigenvalue weighted by Gasteiger charge is -2.09. The number of amides is 1. The standard InChI is InChI=1S/C19H21N5O2/c1-26-17-10-6-5-9-16(17)14-20-19(25)13-18-21-22-23-24(18)12-11-15-7-3-2-4-8-15/h2-10H,11-14H2,1H3,(H,20,25). The van der Waals surface area contributed by atoms with E-state index < -0.39 is 0 Å². The molecule has 3 rings (SSSR count). The van der Waals surface area contributed by atoms with Gasteiger partial charge in [-0.2, -0.15) is 0 Å². The van der Waals surface area contributed by atoms with Crippen molar-refractivity contribution < 1.29 is 9.53 Å². The predicted molar refractivity (Wildman–Crippen MR) is 96.5 cm³/mol. The highest BCUT2D eigenvalue weighted by atomic mass is 16.5. The fraction of sp³-hybridized carbons (Fsp3) is 0.263. The van der Waals surface area contributed by atoms with E-state index in [9.17, 15) is 4.79 Å². The van der Waals surface area contributed by atoms with Crippen molar-refractivity contribution in [3.8, 4) is 5.75 Å². The molecule has 0 aliphatic heterocycles. The van der Waals surface area contributed by atoms with E-state index in [0.717, 1.165) is 17.7 Å². The van der Waals surface area contributed by atoms with E-state index in [2.05, 4.69) is 33.0 Å². The van der Waals surface area contributed by atoms with Crippen molar-refractivity contribution in [3.05, 3.63) is 71.5 Å². The van der Waals surface area contributed by atoms with Crippen LogP contribution in [0.3, 0.4) is 0 Å². The van der Waals surface area contributed by atoms with Gasteiger partial charge in [0, 0.05) is 18.7 Å². The number of carbonyl (C=O) groups excluding carboxylic acids is 1. The molecule has 1 heterocycles. The van der Waals surface area contributed by atoms with Crippen molar-refractivity contribution in [1.82, 2.24) is 25.5 Å². The molecular formula is C19H21N5O2. The van der Waals surface area contributed by atoms with E-state index in [1.54, 1.807) is 11.8 Å². The summed E-state index contributed by atoms with van der Waals surface area (Å²) >= 11 is 0. The molecule has 2 aromatic carbocycles. The molecule has 1 amide bonds. The number of hydrogen-bond donors (Lipinski definition) is 1. The van der Waals surface area contributed by atoms with Crippen LogP contribution in [-0.2, 0) is 30.7 Å². The number of tetrazole rings is 1. The van der Waals surface area contributed by atoms with Crippen LogP contribution in [0.2, 0.25) is 0 Å². The number of carbonyl (C=O) groups is 1. The lowest BCUT2D eigenvalue weighted by atomic mass is 10.1. The zero-order valence-electron chi connectivity index (χ0n) is 14.6. The average Bonchev–Trinajstić information content (AvgIpc) is 3.12. The van der Waals surface area contributed by atoms with E-state index in [0.29, 0.717) is 18.9 Å². The van der Waals surface area contributed by atoms with E-state index in [-0.39, 0.29) is 12.3 Å². The van der Waals surface area contributed by atoms with Gasteiger partial charge in [0.1, 0.15) is 5.75 Å². The van der Waals surface area contributed by atoms with Gasteiger partial charge < -0.3 is 10.1 Å². The molecular weight excluding hydrogens is 330 g/mol. The molecule has 1 aromatic heterocycles. The van der Waals surface area contributed by atoms with Crippen molar-refractivity contribution >= 4 is 5.91 Å². The van der Waals surface area contributed by atoms with Gasteiger partial charge >= 0.3 is 0 Å². The molecule has 0 saturated carbocycles. The van der Waals surface area contributed by atoms with Crippen LogP contribution in [-0.4, -0.2) is 33.2 Å². The van der Waals surface area contributed by atoms with Gasteiger partial charge in [-0.05, 0) is 28.5 Å². The largest absolute Gasteiger partial charge is 0.496 e. The van der Waals surface area contributed by atoms with Gasteiger partial charge in [0.05, 0.1) is 13.5 Å². The first-order valence-electron chi connectivity index (χ1n) is 8.44. The lowest BCUT2D eigenvalue weighted by molar-refractivity contribution is -0.120. The normalized spacial score (nSPS) is 10.5. The molecule has 3 aromatic rings. The quantitative estimate of drug-likeness (QED) is 0.669. The first kappa shape index (κ1) is 17.6. The Labute approximate surface area is 152 Å². The number of hydrogen-bond acceptors (Lipinski definition) is 5. The summed E-state index contributed by atoms with van der Waals surface area (Å²) < 4.78 is 6.97. The fourth-order valence-corrected chi connectivity index (χ4v) is 2.65. The number of benzene rings is 2. The summed E-state index contributed by atoms with van der Waals surface area (Å²) in [5, 5.41) is 14.5. The van der Waals surface area contributed by atoms with Crippen LogP contribution < -0.4 is 10.1 Å². The summed E-state index contributed by atoms with van der Waals surface area (Å²) in [6, 6.07) is 17.7. The maximum atomic E-state index is 12.2. The number of nitrogens with one attached hydrogen (secondary N) is 1. The molecule has 134 valence electrons. The molecule has 0 spiro atoms. The Morgan fingerprint density at radius 1 is 1.12 bits per heavy atom. The van der Waals surface area contributed by atoms with E-state index in [4.69, 9.17) is 4.74 Å². The Bertz CT molecular complexity index is 848. The summed E-state index contributed by atoms with van der Waals surface area (Å²) in [5.74, 6) is 1.17. The van der Waals surface area contributed by atoms with E-state index in [1.165, 1.54) is 5.56 Å². The highest BCUT2D eigenvalue weighted by Gasteiger charge is 2.12. The number of aromatic nitrogens is 4. The van der Waals surface area contributed by atoms with Crippen molar-refractivity contribution in [2.75, 3.05) is 7.11 Å². The van der Waals surface area contributed by atoms with Crippen molar-refractivity contribution in [3.63, 3.8) is 0 Å². The molecule has 7 heteroatoms. The minimum Gasteiger partial charge on any atom is -0.496 e. The Balaban J connectivity index is 1.54. The number of rotatable bonds is 8. The summed E-state index contributed by atoms with van der Waals surface area (Å²) in [6.45, 7) is 1.03. The van der Waals surface area contributed by atoms with Gasteiger partial charge in [-0.25, -0.2) is 4.68 Å². The third-order valence-electron chi connectivity index (χ3n) is 4.05. The third-order valence-corrected chi connectivity index (χ3v) is 4.05. The summed E-state index contributed by atoms with van der Waals surface area (Å²) in [6.07, 6.45) is 0.943. The van der Waals surface area contributed by atoms with Gasteiger partial charge in [0.25, 0.3) is 0 Å². The SMILES string of the molecule is COc1ccccc1CNC(=O)Cc1nnnn1CCc1ccccc1. The second kappa shape index (κ2) is 8.75. The number of nitrogens with zero attached hydrogens (tertiary/aromatic N) is 4. The second-order valence-electron chi connectivity index (χ2n) is 5.82. The van der Waals surface area contributed by atoms with Crippen LogP contribution in [0, 0.1) is 0 Å². The first-order valence-corrected chi connectivity index (χ1v) is 8.44. The number of methoxy groups -OCH3 is 1.